The van der Waals surface area contributed by atoms with Crippen molar-refractivity contribution in [3.63, 3.8) is 0 Å². The molecule has 1 aromatic carbocycles. The van der Waals surface area contributed by atoms with E-state index in [9.17, 15) is 14.9 Å². The van der Waals surface area contributed by atoms with E-state index in [1.807, 2.05) is 0 Å². The molecule has 1 saturated carbocycles. The largest absolute Gasteiger partial charge is 0.477 e. The molecule has 1 amide bonds. The van der Waals surface area contributed by atoms with Gasteiger partial charge in [-0.05, 0) is 31.4 Å². The first kappa shape index (κ1) is 16.3. The predicted octanol–water partition coefficient (Wildman–Crippen LogP) is 3.07. The van der Waals surface area contributed by atoms with Crippen molar-refractivity contribution in [2.24, 2.45) is 0 Å². The van der Waals surface area contributed by atoms with E-state index in [4.69, 9.17) is 4.74 Å². The summed E-state index contributed by atoms with van der Waals surface area (Å²) in [6, 6.07) is 4.99. The molecule has 1 fully saturated rings. The highest BCUT2D eigenvalue weighted by Crippen LogP contribution is 2.28. The van der Waals surface area contributed by atoms with Gasteiger partial charge in [0.05, 0.1) is 4.92 Å². The fourth-order valence-electron chi connectivity index (χ4n) is 2.81. The summed E-state index contributed by atoms with van der Waals surface area (Å²) in [6.45, 7) is 1.61. The van der Waals surface area contributed by atoms with Crippen molar-refractivity contribution in [2.45, 2.75) is 45.1 Å². The van der Waals surface area contributed by atoms with Crippen molar-refractivity contribution >= 4 is 11.6 Å². The van der Waals surface area contributed by atoms with E-state index in [2.05, 4.69) is 0 Å². The van der Waals surface area contributed by atoms with Crippen LogP contribution >= 0.6 is 0 Å². The summed E-state index contributed by atoms with van der Waals surface area (Å²) in [5, 5.41) is 11.0. The maximum absolute atomic E-state index is 12.2. The Morgan fingerprint density at radius 3 is 2.68 bits per heavy atom. The van der Waals surface area contributed by atoms with Crippen LogP contribution in [0.25, 0.3) is 0 Å². The van der Waals surface area contributed by atoms with Crippen LogP contribution in [-0.4, -0.2) is 35.4 Å². The van der Waals surface area contributed by atoms with Crippen LogP contribution in [0.5, 0.6) is 5.75 Å². The Bertz CT molecular complexity index is 553. The molecule has 0 aromatic heterocycles. The minimum atomic E-state index is -0.488. The van der Waals surface area contributed by atoms with Gasteiger partial charge in [-0.1, -0.05) is 25.3 Å². The van der Waals surface area contributed by atoms with Gasteiger partial charge in [0, 0.05) is 19.2 Å². The Kier molecular flexibility index (Phi) is 5.35. The Labute approximate surface area is 130 Å². The second-order valence-electron chi connectivity index (χ2n) is 5.81. The number of likely N-dealkylation sites (N-methyl/N-ethyl adjacent to an activating group) is 1. The molecular formula is C16H22N2O4. The summed E-state index contributed by atoms with van der Waals surface area (Å²) >= 11 is 0. The van der Waals surface area contributed by atoms with Crippen molar-refractivity contribution in [2.75, 3.05) is 13.7 Å². The lowest BCUT2D eigenvalue weighted by Gasteiger charge is -2.31. The van der Waals surface area contributed by atoms with E-state index < -0.39 is 4.92 Å². The van der Waals surface area contributed by atoms with Gasteiger partial charge < -0.3 is 9.64 Å². The molecule has 6 heteroatoms. The van der Waals surface area contributed by atoms with Crippen LogP contribution in [0.3, 0.4) is 0 Å². The number of carbonyl (C=O) groups is 1. The highest BCUT2D eigenvalue weighted by atomic mass is 16.6. The van der Waals surface area contributed by atoms with Crippen LogP contribution in [0, 0.1) is 17.0 Å². The first-order valence-electron chi connectivity index (χ1n) is 7.62. The zero-order valence-corrected chi connectivity index (χ0v) is 13.1. The number of nitro groups is 1. The number of nitrogens with zero attached hydrogens (tertiary/aromatic N) is 2. The molecule has 0 atom stereocenters. The van der Waals surface area contributed by atoms with Crippen molar-refractivity contribution in [3.8, 4) is 5.75 Å². The summed E-state index contributed by atoms with van der Waals surface area (Å²) in [5.41, 5.74) is 0.679. The van der Waals surface area contributed by atoms with E-state index in [-0.39, 0.29) is 30.0 Å². The van der Waals surface area contributed by atoms with Crippen LogP contribution < -0.4 is 4.74 Å². The average Bonchev–Trinajstić information content (AvgIpc) is 2.53. The number of hydrogen-bond donors (Lipinski definition) is 0. The minimum absolute atomic E-state index is 0.104. The standard InChI is InChI=1S/C16H22N2O4/c1-12-8-9-15(14(10-12)18(20)21)22-11-16(19)17(2)13-6-4-3-5-7-13/h8-10,13H,3-7,11H2,1-2H3. The molecule has 0 N–H and O–H groups in total. The first-order valence-corrected chi connectivity index (χ1v) is 7.62. The van der Waals surface area contributed by atoms with E-state index in [1.54, 1.807) is 31.0 Å². The Morgan fingerprint density at radius 1 is 1.36 bits per heavy atom. The molecular weight excluding hydrogens is 284 g/mol. The minimum Gasteiger partial charge on any atom is -0.477 e. The SMILES string of the molecule is Cc1ccc(OCC(=O)N(C)C2CCCCC2)c([N+](=O)[O-])c1. The van der Waals surface area contributed by atoms with Crippen molar-refractivity contribution in [1.82, 2.24) is 4.90 Å². The number of nitro benzene ring substituents is 1. The summed E-state index contributed by atoms with van der Waals surface area (Å²) in [7, 11) is 1.78. The van der Waals surface area contributed by atoms with Crippen LogP contribution in [0.2, 0.25) is 0 Å². The molecule has 0 aliphatic heterocycles. The number of rotatable bonds is 5. The molecule has 6 nitrogen and oxygen atoms in total. The molecule has 0 unspecified atom stereocenters. The molecule has 120 valence electrons. The second-order valence-corrected chi connectivity index (χ2v) is 5.81. The number of hydrogen-bond acceptors (Lipinski definition) is 4. The van der Waals surface area contributed by atoms with E-state index in [0.29, 0.717) is 0 Å². The highest BCUT2D eigenvalue weighted by molar-refractivity contribution is 5.78. The van der Waals surface area contributed by atoms with Gasteiger partial charge in [-0.25, -0.2) is 0 Å². The quantitative estimate of drug-likeness (QED) is 0.619. The van der Waals surface area contributed by atoms with Gasteiger partial charge >= 0.3 is 5.69 Å². The summed E-state index contributed by atoms with van der Waals surface area (Å²) < 4.78 is 5.39. The summed E-state index contributed by atoms with van der Waals surface area (Å²) in [4.78, 5) is 24.5. The topological polar surface area (TPSA) is 72.7 Å². The van der Waals surface area contributed by atoms with Gasteiger partial charge in [0.2, 0.25) is 0 Å². The smallest absolute Gasteiger partial charge is 0.311 e. The van der Waals surface area contributed by atoms with E-state index in [1.165, 1.54) is 12.5 Å². The number of aryl methyl sites for hydroxylation is 1. The number of carbonyl (C=O) groups excluding carboxylic acids is 1. The fourth-order valence-corrected chi connectivity index (χ4v) is 2.81. The normalized spacial score (nSPS) is 15.4. The molecule has 2 rings (SSSR count). The first-order chi connectivity index (χ1) is 10.5. The van der Waals surface area contributed by atoms with Crippen LogP contribution in [0.1, 0.15) is 37.7 Å². The van der Waals surface area contributed by atoms with Crippen molar-refractivity contribution in [1.29, 1.82) is 0 Å². The number of amides is 1. The average molecular weight is 306 g/mol. The number of benzene rings is 1. The van der Waals surface area contributed by atoms with Crippen LogP contribution in [-0.2, 0) is 4.79 Å². The van der Waals surface area contributed by atoms with E-state index in [0.717, 1.165) is 31.2 Å². The van der Waals surface area contributed by atoms with Gasteiger partial charge in [-0.15, -0.1) is 0 Å². The number of ether oxygens (including phenoxy) is 1. The fraction of sp³-hybridized carbons (Fsp3) is 0.562. The molecule has 1 aliphatic carbocycles. The van der Waals surface area contributed by atoms with Gasteiger partial charge in [0.1, 0.15) is 0 Å². The predicted molar refractivity (Wildman–Crippen MR) is 83.0 cm³/mol. The molecule has 0 bridgehead atoms. The second kappa shape index (κ2) is 7.24. The zero-order chi connectivity index (χ0) is 16.1. The molecule has 0 spiro atoms. The van der Waals surface area contributed by atoms with Crippen molar-refractivity contribution in [3.05, 3.63) is 33.9 Å². The highest BCUT2D eigenvalue weighted by Gasteiger charge is 2.23. The van der Waals surface area contributed by atoms with Gasteiger partial charge in [-0.3, -0.25) is 14.9 Å². The molecule has 0 saturated heterocycles. The Morgan fingerprint density at radius 2 is 2.05 bits per heavy atom. The van der Waals surface area contributed by atoms with Gasteiger partial charge in [0.25, 0.3) is 5.91 Å². The Hall–Kier alpha value is -2.11. The third kappa shape index (κ3) is 3.96. The lowest BCUT2D eigenvalue weighted by molar-refractivity contribution is -0.385. The summed E-state index contributed by atoms with van der Waals surface area (Å²) in [5.74, 6) is 0.00256. The summed E-state index contributed by atoms with van der Waals surface area (Å²) in [6.07, 6.45) is 5.56. The third-order valence-electron chi connectivity index (χ3n) is 4.18. The van der Waals surface area contributed by atoms with Crippen LogP contribution in [0.4, 0.5) is 5.69 Å². The maximum Gasteiger partial charge on any atom is 0.311 e. The van der Waals surface area contributed by atoms with Gasteiger partial charge in [0.15, 0.2) is 12.4 Å². The Balaban J connectivity index is 1.97. The lowest BCUT2D eigenvalue weighted by atomic mass is 9.94. The lowest BCUT2D eigenvalue weighted by Crippen LogP contribution is -2.40. The van der Waals surface area contributed by atoms with Crippen LogP contribution in [0.15, 0.2) is 18.2 Å². The molecule has 1 aliphatic rings. The third-order valence-corrected chi connectivity index (χ3v) is 4.18. The molecule has 0 radical (unpaired) electrons. The van der Waals surface area contributed by atoms with Crippen molar-refractivity contribution < 1.29 is 14.5 Å². The monoisotopic (exact) mass is 306 g/mol. The molecule has 1 aromatic rings. The maximum atomic E-state index is 12.2. The van der Waals surface area contributed by atoms with E-state index >= 15 is 0 Å². The molecule has 0 heterocycles. The zero-order valence-electron chi connectivity index (χ0n) is 13.1. The molecule has 22 heavy (non-hydrogen) atoms. The van der Waals surface area contributed by atoms with Gasteiger partial charge in [-0.2, -0.15) is 0 Å².